The van der Waals surface area contributed by atoms with E-state index in [1.54, 1.807) is 0 Å². The number of hydrogen-bond acceptors (Lipinski definition) is 4. The summed E-state index contributed by atoms with van der Waals surface area (Å²) in [6.07, 6.45) is 0. The standard InChI is InChI=1S/C17H25N5O/c1-5-18-17(19-10-14-8-6-7-13(4)21-14)20-11-15-9-16(12(2)3)22-23-15/h6-9,12H,5,10-11H2,1-4H3,(H2,18,19,20). The van der Waals surface area contributed by atoms with E-state index in [1.807, 2.05) is 38.1 Å². The second-order valence-electron chi connectivity index (χ2n) is 5.69. The maximum absolute atomic E-state index is 5.33. The van der Waals surface area contributed by atoms with Gasteiger partial charge in [-0.3, -0.25) is 4.98 Å². The molecule has 2 N–H and O–H groups in total. The van der Waals surface area contributed by atoms with Crippen LogP contribution in [0.15, 0.2) is 33.8 Å². The van der Waals surface area contributed by atoms with Crippen molar-refractivity contribution in [2.75, 3.05) is 6.54 Å². The summed E-state index contributed by atoms with van der Waals surface area (Å²) in [6.45, 7) is 10.1. The molecule has 124 valence electrons. The van der Waals surface area contributed by atoms with Crippen molar-refractivity contribution in [2.24, 2.45) is 4.99 Å². The Labute approximate surface area is 137 Å². The average Bonchev–Trinajstić information content (AvgIpc) is 2.99. The SMILES string of the molecule is CCNC(=NCc1cccc(C)n1)NCc1cc(C(C)C)no1. The zero-order valence-electron chi connectivity index (χ0n) is 14.3. The Morgan fingerprint density at radius 2 is 2.13 bits per heavy atom. The Morgan fingerprint density at radius 1 is 1.30 bits per heavy atom. The second-order valence-corrected chi connectivity index (χ2v) is 5.69. The normalized spacial score (nSPS) is 11.8. The minimum Gasteiger partial charge on any atom is -0.359 e. The molecule has 6 nitrogen and oxygen atoms in total. The number of hydrogen-bond donors (Lipinski definition) is 2. The summed E-state index contributed by atoms with van der Waals surface area (Å²) in [5.41, 5.74) is 2.91. The van der Waals surface area contributed by atoms with E-state index in [0.717, 1.165) is 35.3 Å². The van der Waals surface area contributed by atoms with Crippen molar-refractivity contribution < 1.29 is 4.52 Å². The van der Waals surface area contributed by atoms with Crippen molar-refractivity contribution in [3.63, 3.8) is 0 Å². The molecule has 0 saturated heterocycles. The lowest BCUT2D eigenvalue weighted by Gasteiger charge is -2.09. The van der Waals surface area contributed by atoms with Crippen molar-refractivity contribution >= 4 is 5.96 Å². The maximum Gasteiger partial charge on any atom is 0.192 e. The molecule has 0 atom stereocenters. The van der Waals surface area contributed by atoms with Crippen LogP contribution in [-0.2, 0) is 13.1 Å². The smallest absolute Gasteiger partial charge is 0.192 e. The Morgan fingerprint density at radius 3 is 2.78 bits per heavy atom. The average molecular weight is 315 g/mol. The summed E-state index contributed by atoms with van der Waals surface area (Å²) >= 11 is 0. The Kier molecular flexibility index (Phi) is 6.14. The number of aryl methyl sites for hydroxylation is 1. The molecule has 6 heteroatoms. The fraction of sp³-hybridized carbons (Fsp3) is 0.471. The minimum atomic E-state index is 0.363. The van der Waals surface area contributed by atoms with Gasteiger partial charge in [0.15, 0.2) is 11.7 Å². The Balaban J connectivity index is 1.95. The number of nitrogens with one attached hydrogen (secondary N) is 2. The molecule has 0 saturated carbocycles. The van der Waals surface area contributed by atoms with E-state index < -0.39 is 0 Å². The van der Waals surface area contributed by atoms with Gasteiger partial charge in [0, 0.05) is 18.3 Å². The monoisotopic (exact) mass is 315 g/mol. The van der Waals surface area contributed by atoms with Gasteiger partial charge in [-0.05, 0) is 31.9 Å². The summed E-state index contributed by atoms with van der Waals surface area (Å²) in [4.78, 5) is 9.01. The zero-order valence-corrected chi connectivity index (χ0v) is 14.3. The topological polar surface area (TPSA) is 75.3 Å². The molecule has 0 amide bonds. The van der Waals surface area contributed by atoms with E-state index in [1.165, 1.54) is 0 Å². The molecule has 0 fully saturated rings. The highest BCUT2D eigenvalue weighted by Crippen LogP contribution is 2.13. The molecule has 0 radical (unpaired) electrons. The van der Waals surface area contributed by atoms with Gasteiger partial charge in [-0.2, -0.15) is 0 Å². The van der Waals surface area contributed by atoms with Crippen molar-refractivity contribution in [2.45, 2.75) is 46.7 Å². The molecule has 2 aromatic heterocycles. The molecule has 0 aromatic carbocycles. The molecular formula is C17H25N5O. The summed E-state index contributed by atoms with van der Waals surface area (Å²) < 4.78 is 5.33. The van der Waals surface area contributed by atoms with Gasteiger partial charge in [0.25, 0.3) is 0 Å². The number of nitrogens with zero attached hydrogens (tertiary/aromatic N) is 3. The van der Waals surface area contributed by atoms with Crippen LogP contribution in [0.2, 0.25) is 0 Å². The lowest BCUT2D eigenvalue weighted by atomic mass is 10.1. The van der Waals surface area contributed by atoms with Crippen molar-refractivity contribution in [3.8, 4) is 0 Å². The quantitative estimate of drug-likeness (QED) is 0.633. The lowest BCUT2D eigenvalue weighted by Crippen LogP contribution is -2.36. The Bertz CT molecular complexity index is 648. The van der Waals surface area contributed by atoms with Gasteiger partial charge in [0.1, 0.15) is 0 Å². The number of rotatable bonds is 6. The van der Waals surface area contributed by atoms with Crippen LogP contribution in [-0.4, -0.2) is 22.6 Å². The third kappa shape index (κ3) is 5.39. The van der Waals surface area contributed by atoms with Gasteiger partial charge < -0.3 is 15.2 Å². The third-order valence-electron chi connectivity index (χ3n) is 3.29. The number of guanidine groups is 1. The van der Waals surface area contributed by atoms with Crippen LogP contribution in [0, 0.1) is 6.92 Å². The van der Waals surface area contributed by atoms with Gasteiger partial charge >= 0.3 is 0 Å². The first-order valence-corrected chi connectivity index (χ1v) is 7.98. The maximum atomic E-state index is 5.33. The summed E-state index contributed by atoms with van der Waals surface area (Å²) in [7, 11) is 0. The zero-order chi connectivity index (χ0) is 16.7. The molecule has 23 heavy (non-hydrogen) atoms. The van der Waals surface area contributed by atoms with Crippen LogP contribution in [0.1, 0.15) is 49.5 Å². The van der Waals surface area contributed by atoms with Crippen LogP contribution in [0.25, 0.3) is 0 Å². The van der Waals surface area contributed by atoms with Gasteiger partial charge in [0.05, 0.1) is 24.5 Å². The van der Waals surface area contributed by atoms with E-state index in [2.05, 4.69) is 39.6 Å². The predicted octanol–water partition coefficient (Wildman–Crippen LogP) is 2.76. The first kappa shape index (κ1) is 17.0. The fourth-order valence-electron chi connectivity index (χ4n) is 2.04. The molecule has 2 heterocycles. The highest BCUT2D eigenvalue weighted by molar-refractivity contribution is 5.79. The summed E-state index contributed by atoms with van der Waals surface area (Å²) in [5.74, 6) is 1.90. The molecule has 0 aliphatic carbocycles. The largest absolute Gasteiger partial charge is 0.359 e. The minimum absolute atomic E-state index is 0.363. The van der Waals surface area contributed by atoms with Gasteiger partial charge in [0.2, 0.25) is 0 Å². The molecule has 0 unspecified atom stereocenters. The molecular weight excluding hydrogens is 290 g/mol. The van der Waals surface area contributed by atoms with Gasteiger partial charge in [-0.15, -0.1) is 0 Å². The molecule has 0 aliphatic rings. The van der Waals surface area contributed by atoms with Crippen LogP contribution in [0.5, 0.6) is 0 Å². The van der Waals surface area contributed by atoms with Crippen molar-refractivity contribution in [1.29, 1.82) is 0 Å². The predicted molar refractivity (Wildman–Crippen MR) is 91.2 cm³/mol. The molecule has 0 spiro atoms. The first-order valence-electron chi connectivity index (χ1n) is 7.98. The molecule has 2 rings (SSSR count). The molecule has 0 aliphatic heterocycles. The van der Waals surface area contributed by atoms with Crippen LogP contribution >= 0.6 is 0 Å². The highest BCUT2D eigenvalue weighted by Gasteiger charge is 2.08. The van der Waals surface area contributed by atoms with E-state index in [-0.39, 0.29) is 0 Å². The first-order chi connectivity index (χ1) is 11.1. The highest BCUT2D eigenvalue weighted by atomic mass is 16.5. The van der Waals surface area contributed by atoms with Crippen LogP contribution in [0.4, 0.5) is 0 Å². The van der Waals surface area contributed by atoms with E-state index in [4.69, 9.17) is 4.52 Å². The number of pyridine rings is 1. The lowest BCUT2D eigenvalue weighted by molar-refractivity contribution is 0.372. The van der Waals surface area contributed by atoms with E-state index >= 15 is 0 Å². The summed E-state index contributed by atoms with van der Waals surface area (Å²) in [6, 6.07) is 7.93. The molecule has 0 bridgehead atoms. The Hall–Kier alpha value is -2.37. The van der Waals surface area contributed by atoms with Crippen LogP contribution in [0.3, 0.4) is 0 Å². The van der Waals surface area contributed by atoms with Crippen molar-refractivity contribution in [3.05, 3.63) is 47.1 Å². The summed E-state index contributed by atoms with van der Waals surface area (Å²) in [5, 5.41) is 10.5. The second kappa shape index (κ2) is 8.31. The van der Waals surface area contributed by atoms with Gasteiger partial charge in [-0.25, -0.2) is 4.99 Å². The van der Waals surface area contributed by atoms with Crippen molar-refractivity contribution in [1.82, 2.24) is 20.8 Å². The molecule has 2 aromatic rings. The van der Waals surface area contributed by atoms with E-state index in [9.17, 15) is 0 Å². The van der Waals surface area contributed by atoms with E-state index in [0.29, 0.717) is 19.0 Å². The van der Waals surface area contributed by atoms with Gasteiger partial charge in [-0.1, -0.05) is 25.1 Å². The third-order valence-corrected chi connectivity index (χ3v) is 3.29. The fourth-order valence-corrected chi connectivity index (χ4v) is 2.04. The van der Waals surface area contributed by atoms with Crippen LogP contribution < -0.4 is 10.6 Å². The number of aromatic nitrogens is 2. The number of aliphatic imine (C=N–C) groups is 1.